The van der Waals surface area contributed by atoms with E-state index in [0.29, 0.717) is 18.8 Å². The van der Waals surface area contributed by atoms with E-state index in [9.17, 15) is 13.2 Å². The summed E-state index contributed by atoms with van der Waals surface area (Å²) in [6, 6.07) is 1.44. The molecule has 0 spiro atoms. The molecule has 25 heavy (non-hydrogen) atoms. The number of sulfonamides is 1. The van der Waals surface area contributed by atoms with E-state index >= 15 is 0 Å². The summed E-state index contributed by atoms with van der Waals surface area (Å²) in [5, 5.41) is 10.8. The molecule has 1 aliphatic rings. The summed E-state index contributed by atoms with van der Waals surface area (Å²) < 4.78 is 28.2. The highest BCUT2D eigenvalue weighted by atomic mass is 32.2. The highest BCUT2D eigenvalue weighted by Gasteiger charge is 2.32. The molecule has 1 atom stereocenters. The van der Waals surface area contributed by atoms with Gasteiger partial charge in [0.1, 0.15) is 4.90 Å². The van der Waals surface area contributed by atoms with Crippen molar-refractivity contribution in [1.29, 1.82) is 0 Å². The quantitative estimate of drug-likeness (QED) is 0.713. The zero-order valence-corrected chi connectivity index (χ0v) is 14.4. The number of H-pyrrole nitrogens is 1. The molecule has 0 radical (unpaired) electrons. The molecule has 0 aromatic carbocycles. The van der Waals surface area contributed by atoms with Crippen LogP contribution in [0.15, 0.2) is 34.5 Å². The van der Waals surface area contributed by atoms with Crippen molar-refractivity contribution in [2.45, 2.75) is 23.7 Å². The normalized spacial score (nSPS) is 18.2. The molecule has 1 saturated heterocycles. The zero-order chi connectivity index (χ0) is 18.4. The van der Waals surface area contributed by atoms with Gasteiger partial charge in [-0.25, -0.2) is 13.4 Å². The minimum atomic E-state index is -3.56. The average Bonchev–Trinajstić information content (AvgIpc) is 3.03. The molecule has 1 fully saturated rings. The number of piperidine rings is 1. The van der Waals surface area contributed by atoms with E-state index in [1.54, 1.807) is 7.05 Å². The first-order chi connectivity index (χ1) is 11.9. The number of aromatic amines is 1. The number of aromatic nitrogens is 4. The van der Waals surface area contributed by atoms with Crippen LogP contribution in [0.2, 0.25) is 0 Å². The highest BCUT2D eigenvalue weighted by Crippen LogP contribution is 2.28. The predicted octanol–water partition coefficient (Wildman–Crippen LogP) is -0.227. The minimum absolute atomic E-state index is 0.0671. The Hall–Kier alpha value is -2.53. The molecule has 2 aromatic rings. The van der Waals surface area contributed by atoms with Gasteiger partial charge in [0.15, 0.2) is 0 Å². The van der Waals surface area contributed by atoms with Gasteiger partial charge in [0.05, 0.1) is 18.2 Å². The van der Waals surface area contributed by atoms with Crippen LogP contribution >= 0.6 is 0 Å². The SMILES string of the molecule is Cn1cc(S(=O)(=O)N2CCCC(c3cc(=O)[nH]cn3)C2)cn1.O=CO. The predicted molar refractivity (Wildman–Crippen MR) is 87.5 cm³/mol. The molecule has 0 aliphatic carbocycles. The number of nitrogens with zero attached hydrogens (tertiary/aromatic N) is 4. The van der Waals surface area contributed by atoms with Gasteiger partial charge in [-0.2, -0.15) is 9.40 Å². The summed E-state index contributed by atoms with van der Waals surface area (Å²) in [6.07, 6.45) is 5.75. The molecule has 10 nitrogen and oxygen atoms in total. The second-order valence-corrected chi connectivity index (χ2v) is 7.43. The molecule has 136 valence electrons. The lowest BCUT2D eigenvalue weighted by molar-refractivity contribution is -0.122. The summed E-state index contributed by atoms with van der Waals surface area (Å²) in [4.78, 5) is 26.6. The molecule has 1 unspecified atom stereocenters. The third kappa shape index (κ3) is 4.51. The van der Waals surface area contributed by atoms with Crippen LogP contribution in [0.4, 0.5) is 0 Å². The van der Waals surface area contributed by atoms with Crippen molar-refractivity contribution in [3.63, 3.8) is 0 Å². The molecule has 0 saturated carbocycles. The third-order valence-electron chi connectivity index (χ3n) is 3.82. The zero-order valence-electron chi connectivity index (χ0n) is 13.6. The number of rotatable bonds is 3. The van der Waals surface area contributed by atoms with Gasteiger partial charge in [-0.1, -0.05) is 0 Å². The van der Waals surface area contributed by atoms with Crippen LogP contribution in [-0.2, 0) is 21.9 Å². The first-order valence-electron chi connectivity index (χ1n) is 7.49. The Balaban J connectivity index is 0.000000701. The molecule has 11 heteroatoms. The van der Waals surface area contributed by atoms with Crippen LogP contribution < -0.4 is 5.56 Å². The fourth-order valence-electron chi connectivity index (χ4n) is 2.69. The summed E-state index contributed by atoms with van der Waals surface area (Å²) >= 11 is 0. The number of carbonyl (C=O) groups is 1. The van der Waals surface area contributed by atoms with Crippen molar-refractivity contribution in [2.75, 3.05) is 13.1 Å². The Kier molecular flexibility index (Phi) is 6.04. The van der Waals surface area contributed by atoms with Gasteiger partial charge in [-0.15, -0.1) is 0 Å². The summed E-state index contributed by atoms with van der Waals surface area (Å²) in [5.41, 5.74) is 0.409. The van der Waals surface area contributed by atoms with Gasteiger partial charge in [0, 0.05) is 38.3 Å². The smallest absolute Gasteiger partial charge is 0.290 e. The lowest BCUT2D eigenvalue weighted by Crippen LogP contribution is -2.39. The largest absolute Gasteiger partial charge is 0.483 e. The number of nitrogens with one attached hydrogen (secondary N) is 1. The standard InChI is InChI=1S/C13H17N5O3S.CH2O2/c1-17-8-11(6-16-17)22(20,21)18-4-2-3-10(7-18)12-5-13(19)15-9-14-12;2-1-3/h5-6,8-10H,2-4,7H2,1H3,(H,14,15,19);1H,(H,2,3). The molecule has 2 aromatic heterocycles. The van der Waals surface area contributed by atoms with Crippen LogP contribution in [0, 0.1) is 0 Å². The minimum Gasteiger partial charge on any atom is -0.483 e. The molecule has 3 rings (SSSR count). The summed E-state index contributed by atoms with van der Waals surface area (Å²) in [7, 11) is -1.88. The molecular weight excluding hydrogens is 350 g/mol. The second-order valence-electron chi connectivity index (χ2n) is 5.49. The van der Waals surface area contributed by atoms with Crippen LogP contribution in [0.1, 0.15) is 24.5 Å². The van der Waals surface area contributed by atoms with Crippen LogP contribution in [0.25, 0.3) is 0 Å². The maximum absolute atomic E-state index is 12.6. The Morgan fingerprint density at radius 1 is 1.44 bits per heavy atom. The van der Waals surface area contributed by atoms with Gasteiger partial charge < -0.3 is 10.1 Å². The molecule has 3 heterocycles. The van der Waals surface area contributed by atoms with Crippen LogP contribution in [0.3, 0.4) is 0 Å². The van der Waals surface area contributed by atoms with E-state index < -0.39 is 10.0 Å². The van der Waals surface area contributed by atoms with Crippen LogP contribution in [0.5, 0.6) is 0 Å². The van der Waals surface area contributed by atoms with Crippen molar-refractivity contribution in [3.05, 3.63) is 40.8 Å². The average molecular weight is 369 g/mol. The molecule has 0 amide bonds. The summed E-state index contributed by atoms with van der Waals surface area (Å²) in [5.74, 6) is -0.0671. The van der Waals surface area contributed by atoms with E-state index in [-0.39, 0.29) is 22.8 Å². The van der Waals surface area contributed by atoms with Gasteiger partial charge >= 0.3 is 0 Å². The number of hydrogen-bond donors (Lipinski definition) is 2. The van der Waals surface area contributed by atoms with Gasteiger partial charge in [0.25, 0.3) is 12.0 Å². The Bertz CT molecular complexity index is 875. The van der Waals surface area contributed by atoms with Gasteiger partial charge in [-0.05, 0) is 12.8 Å². The first kappa shape index (κ1) is 18.8. The summed E-state index contributed by atoms with van der Waals surface area (Å²) in [6.45, 7) is 0.546. The Morgan fingerprint density at radius 2 is 2.16 bits per heavy atom. The highest BCUT2D eigenvalue weighted by molar-refractivity contribution is 7.89. The second kappa shape index (κ2) is 8.03. The van der Waals surface area contributed by atoms with Gasteiger partial charge in [0.2, 0.25) is 10.0 Å². The van der Waals surface area contributed by atoms with E-state index in [0.717, 1.165) is 12.8 Å². The molecule has 1 aliphatic heterocycles. The lowest BCUT2D eigenvalue weighted by Gasteiger charge is -2.31. The maximum Gasteiger partial charge on any atom is 0.290 e. The van der Waals surface area contributed by atoms with E-state index in [1.807, 2.05) is 0 Å². The first-order valence-corrected chi connectivity index (χ1v) is 8.93. The fourth-order valence-corrected chi connectivity index (χ4v) is 4.20. The fraction of sp³-hybridized carbons (Fsp3) is 0.429. The number of aryl methyl sites for hydroxylation is 1. The molecule has 0 bridgehead atoms. The van der Waals surface area contributed by atoms with E-state index in [1.165, 1.54) is 33.8 Å². The monoisotopic (exact) mass is 369 g/mol. The molecule has 2 N–H and O–H groups in total. The van der Waals surface area contributed by atoms with Crippen molar-refractivity contribution in [1.82, 2.24) is 24.1 Å². The van der Waals surface area contributed by atoms with Crippen LogP contribution in [-0.4, -0.2) is 57.1 Å². The number of carboxylic acid groups (broad SMARTS) is 1. The lowest BCUT2D eigenvalue weighted by atomic mass is 9.96. The van der Waals surface area contributed by atoms with E-state index in [2.05, 4.69) is 15.1 Å². The molecular formula is C14H19N5O5S. The van der Waals surface area contributed by atoms with Crippen molar-refractivity contribution in [3.8, 4) is 0 Å². The van der Waals surface area contributed by atoms with E-state index in [4.69, 9.17) is 9.90 Å². The maximum atomic E-state index is 12.6. The third-order valence-corrected chi connectivity index (χ3v) is 5.64. The van der Waals surface area contributed by atoms with Crippen molar-refractivity contribution >= 4 is 16.5 Å². The topological polar surface area (TPSA) is 138 Å². The Labute approximate surface area is 144 Å². The van der Waals surface area contributed by atoms with Gasteiger partial charge in [-0.3, -0.25) is 14.3 Å². The number of hydrogen-bond acceptors (Lipinski definition) is 6. The van der Waals surface area contributed by atoms with Crippen molar-refractivity contribution < 1.29 is 18.3 Å². The Morgan fingerprint density at radius 3 is 2.76 bits per heavy atom. The van der Waals surface area contributed by atoms with Crippen molar-refractivity contribution in [2.24, 2.45) is 7.05 Å².